The van der Waals surface area contributed by atoms with Gasteiger partial charge in [0.05, 0.1) is 19.3 Å². The zero-order chi connectivity index (χ0) is 18.5. The van der Waals surface area contributed by atoms with Crippen LogP contribution in [0, 0.1) is 18.3 Å². The number of carbonyl (C=O) groups excluding carboxylic acids is 1. The van der Waals surface area contributed by atoms with Crippen LogP contribution in [0.2, 0.25) is 5.02 Å². The van der Waals surface area contributed by atoms with Gasteiger partial charge in [-0.15, -0.1) is 0 Å². The Morgan fingerprint density at radius 1 is 1.42 bits per heavy atom. The Kier molecular flexibility index (Phi) is 4.20. The van der Waals surface area contributed by atoms with Gasteiger partial charge >= 0.3 is 5.97 Å². The highest BCUT2D eigenvalue weighted by Gasteiger charge is 2.55. The van der Waals surface area contributed by atoms with Crippen molar-refractivity contribution in [1.82, 2.24) is 4.90 Å². The summed E-state index contributed by atoms with van der Waals surface area (Å²) in [6.07, 6.45) is 2.41. The molecular weight excluding hydrogens is 358 g/mol. The average molecular weight is 378 g/mol. The minimum atomic E-state index is -0.979. The van der Waals surface area contributed by atoms with Crippen molar-refractivity contribution in [3.8, 4) is 0 Å². The molecule has 2 aliphatic heterocycles. The molecule has 2 fully saturated rings. The number of carboxylic acid groups (broad SMARTS) is 1. The highest BCUT2D eigenvalue weighted by atomic mass is 35.5. The van der Waals surface area contributed by atoms with E-state index >= 15 is 0 Å². The number of ether oxygens (including phenoxy) is 1. The zero-order valence-corrected chi connectivity index (χ0v) is 15.2. The number of halogens is 1. The number of benzene rings is 1. The van der Waals surface area contributed by atoms with Crippen LogP contribution in [0.1, 0.15) is 17.5 Å². The normalized spacial score (nSPS) is 25.5. The molecule has 4 rings (SSSR count). The fourth-order valence-corrected chi connectivity index (χ4v) is 4.26. The molecule has 138 valence electrons. The molecule has 1 N–H and O–H groups in total. The van der Waals surface area contributed by atoms with Crippen LogP contribution in [-0.2, 0) is 20.7 Å². The minimum Gasteiger partial charge on any atom is -0.481 e. The first-order chi connectivity index (χ1) is 12.4. The number of furan rings is 1. The molecule has 26 heavy (non-hydrogen) atoms. The smallest absolute Gasteiger partial charge is 0.314 e. The first-order valence-electron chi connectivity index (χ1n) is 8.66. The van der Waals surface area contributed by atoms with Crippen molar-refractivity contribution in [3.05, 3.63) is 34.5 Å². The topological polar surface area (TPSA) is 80.0 Å². The van der Waals surface area contributed by atoms with E-state index in [1.165, 1.54) is 0 Å². The van der Waals surface area contributed by atoms with Crippen LogP contribution >= 0.6 is 11.6 Å². The van der Waals surface area contributed by atoms with Crippen molar-refractivity contribution < 1.29 is 23.8 Å². The van der Waals surface area contributed by atoms with Crippen LogP contribution < -0.4 is 0 Å². The van der Waals surface area contributed by atoms with Gasteiger partial charge in [0.15, 0.2) is 0 Å². The summed E-state index contributed by atoms with van der Waals surface area (Å²) < 4.78 is 11.0. The van der Waals surface area contributed by atoms with Crippen molar-refractivity contribution in [2.75, 3.05) is 26.3 Å². The van der Waals surface area contributed by atoms with Crippen molar-refractivity contribution in [3.63, 3.8) is 0 Å². The second kappa shape index (κ2) is 6.28. The lowest BCUT2D eigenvalue weighted by Gasteiger charge is -2.33. The number of rotatable bonds is 3. The van der Waals surface area contributed by atoms with Gasteiger partial charge in [0, 0.05) is 35.7 Å². The maximum Gasteiger partial charge on any atom is 0.314 e. The van der Waals surface area contributed by atoms with E-state index in [1.54, 1.807) is 11.2 Å². The third kappa shape index (κ3) is 2.68. The molecule has 0 unspecified atom stereocenters. The molecule has 2 atom stereocenters. The highest BCUT2D eigenvalue weighted by Crippen LogP contribution is 2.42. The summed E-state index contributed by atoms with van der Waals surface area (Å²) in [5, 5.41) is 11.2. The number of fused-ring (bicyclic) bond motifs is 2. The molecule has 0 bridgehead atoms. The van der Waals surface area contributed by atoms with E-state index < -0.39 is 11.4 Å². The summed E-state index contributed by atoms with van der Waals surface area (Å²) >= 11 is 6.20. The third-order valence-corrected chi connectivity index (χ3v) is 6.13. The second-order valence-corrected chi connectivity index (χ2v) is 7.72. The Morgan fingerprint density at radius 3 is 2.96 bits per heavy atom. The van der Waals surface area contributed by atoms with Crippen LogP contribution in [0.4, 0.5) is 0 Å². The monoisotopic (exact) mass is 377 g/mol. The molecule has 0 radical (unpaired) electrons. The molecule has 0 saturated carbocycles. The summed E-state index contributed by atoms with van der Waals surface area (Å²) in [6, 6.07) is 3.67. The van der Waals surface area contributed by atoms with Crippen LogP contribution in [0.3, 0.4) is 0 Å². The zero-order valence-electron chi connectivity index (χ0n) is 14.5. The number of carboxylic acids is 1. The molecule has 2 aromatic rings. The SMILES string of the molecule is Cc1cc2occ(CC(=O)N3C[C@@H]4CCOC[C@]4(C(=O)O)C3)c2cc1Cl. The lowest BCUT2D eigenvalue weighted by molar-refractivity contribution is -0.159. The van der Waals surface area contributed by atoms with Gasteiger partial charge in [0.1, 0.15) is 11.0 Å². The van der Waals surface area contributed by atoms with Gasteiger partial charge in [-0.2, -0.15) is 0 Å². The Labute approximate surface area is 155 Å². The maximum atomic E-state index is 12.8. The van der Waals surface area contributed by atoms with E-state index in [1.807, 2.05) is 19.1 Å². The quantitative estimate of drug-likeness (QED) is 0.889. The van der Waals surface area contributed by atoms with E-state index in [4.69, 9.17) is 20.8 Å². The van der Waals surface area contributed by atoms with Gasteiger partial charge in [0.2, 0.25) is 5.91 Å². The molecular formula is C19H20ClNO5. The molecule has 1 aromatic heterocycles. The summed E-state index contributed by atoms with van der Waals surface area (Å²) in [7, 11) is 0. The average Bonchev–Trinajstić information content (AvgIpc) is 3.18. The molecule has 2 aliphatic rings. The largest absolute Gasteiger partial charge is 0.481 e. The van der Waals surface area contributed by atoms with Crippen molar-refractivity contribution in [2.24, 2.45) is 11.3 Å². The Hall–Kier alpha value is -2.05. The van der Waals surface area contributed by atoms with Gasteiger partial charge < -0.3 is 19.2 Å². The fraction of sp³-hybridized carbons (Fsp3) is 0.474. The number of aryl methyl sites for hydroxylation is 1. The number of aliphatic carboxylic acids is 1. The van der Waals surface area contributed by atoms with Gasteiger partial charge in [-0.3, -0.25) is 9.59 Å². The summed E-state index contributed by atoms with van der Waals surface area (Å²) in [4.78, 5) is 26.3. The second-order valence-electron chi connectivity index (χ2n) is 7.31. The van der Waals surface area contributed by atoms with Gasteiger partial charge in [-0.05, 0) is 37.0 Å². The van der Waals surface area contributed by atoms with Gasteiger partial charge in [-0.25, -0.2) is 0 Å². The molecule has 0 aliphatic carbocycles. The third-order valence-electron chi connectivity index (χ3n) is 5.72. The molecule has 7 heteroatoms. The number of carbonyl (C=O) groups is 2. The van der Waals surface area contributed by atoms with Gasteiger partial charge in [-0.1, -0.05) is 11.6 Å². The lowest BCUT2D eigenvalue weighted by Crippen LogP contribution is -2.46. The molecule has 0 spiro atoms. The summed E-state index contributed by atoms with van der Waals surface area (Å²) in [5.74, 6) is -1.04. The Bertz CT molecular complexity index is 891. The summed E-state index contributed by atoms with van der Waals surface area (Å²) in [5.41, 5.74) is 1.40. The lowest BCUT2D eigenvalue weighted by atomic mass is 9.76. The fourth-order valence-electron chi connectivity index (χ4n) is 4.09. The van der Waals surface area contributed by atoms with E-state index in [9.17, 15) is 14.7 Å². The van der Waals surface area contributed by atoms with E-state index in [-0.39, 0.29) is 31.4 Å². The van der Waals surface area contributed by atoms with Crippen LogP contribution in [0.5, 0.6) is 0 Å². The number of likely N-dealkylation sites (tertiary alicyclic amines) is 1. The van der Waals surface area contributed by atoms with Crippen LogP contribution in [-0.4, -0.2) is 48.2 Å². The molecule has 1 aromatic carbocycles. The standard InChI is InChI=1S/C19H20ClNO5/c1-11-4-16-14(6-15(11)20)12(8-26-16)5-17(22)21-7-13-2-3-25-10-19(13,9-21)18(23)24/h4,6,8,13H,2-3,5,7,9-10H2,1H3,(H,23,24)/t13-,19+/m0/s1. The molecule has 3 heterocycles. The predicted molar refractivity (Wildman–Crippen MR) is 95.2 cm³/mol. The van der Waals surface area contributed by atoms with E-state index in [0.29, 0.717) is 30.2 Å². The van der Waals surface area contributed by atoms with E-state index in [0.717, 1.165) is 16.5 Å². The van der Waals surface area contributed by atoms with Crippen LogP contribution in [0.15, 0.2) is 22.8 Å². The Balaban J connectivity index is 1.56. The van der Waals surface area contributed by atoms with Crippen molar-refractivity contribution in [2.45, 2.75) is 19.8 Å². The van der Waals surface area contributed by atoms with E-state index in [2.05, 4.69) is 0 Å². The maximum absolute atomic E-state index is 12.8. The molecule has 2 saturated heterocycles. The van der Waals surface area contributed by atoms with Crippen LogP contribution in [0.25, 0.3) is 11.0 Å². The first-order valence-corrected chi connectivity index (χ1v) is 9.03. The number of nitrogens with zero attached hydrogens (tertiary/aromatic N) is 1. The molecule has 6 nitrogen and oxygen atoms in total. The predicted octanol–water partition coefficient (Wildman–Crippen LogP) is 2.89. The number of hydrogen-bond donors (Lipinski definition) is 1. The Morgan fingerprint density at radius 2 is 2.23 bits per heavy atom. The number of amides is 1. The minimum absolute atomic E-state index is 0.0594. The molecule has 1 amide bonds. The highest BCUT2D eigenvalue weighted by molar-refractivity contribution is 6.32. The van der Waals surface area contributed by atoms with Crippen molar-refractivity contribution in [1.29, 1.82) is 0 Å². The van der Waals surface area contributed by atoms with Crippen molar-refractivity contribution >= 4 is 34.4 Å². The van der Waals surface area contributed by atoms with Gasteiger partial charge in [0.25, 0.3) is 0 Å². The first kappa shape index (κ1) is 17.4. The summed E-state index contributed by atoms with van der Waals surface area (Å²) in [6.45, 7) is 3.27. The number of hydrogen-bond acceptors (Lipinski definition) is 4.